The van der Waals surface area contributed by atoms with E-state index in [-0.39, 0.29) is 24.1 Å². The average molecular weight is 375 g/mol. The van der Waals surface area contributed by atoms with Crippen molar-refractivity contribution in [1.82, 2.24) is 29.4 Å². The van der Waals surface area contributed by atoms with Crippen molar-refractivity contribution in [2.75, 3.05) is 18.4 Å². The number of anilines is 1. The molecule has 3 rings (SSSR count). The lowest BCUT2D eigenvalue weighted by Gasteiger charge is -2.21. The quantitative estimate of drug-likeness (QED) is 0.785. The van der Waals surface area contributed by atoms with Crippen molar-refractivity contribution in [2.24, 2.45) is 0 Å². The highest BCUT2D eigenvalue weighted by molar-refractivity contribution is 5.91. The van der Waals surface area contributed by atoms with Gasteiger partial charge >= 0.3 is 5.69 Å². The number of aromatic nitrogens is 5. The Morgan fingerprint density at radius 3 is 2.59 bits per heavy atom. The van der Waals surface area contributed by atoms with Gasteiger partial charge in [0.1, 0.15) is 12.4 Å². The van der Waals surface area contributed by atoms with E-state index in [0.29, 0.717) is 12.2 Å². The van der Waals surface area contributed by atoms with Gasteiger partial charge in [-0.1, -0.05) is 0 Å². The molecule has 1 aliphatic heterocycles. The van der Waals surface area contributed by atoms with Gasteiger partial charge in [-0.15, -0.1) is 0 Å². The van der Waals surface area contributed by atoms with Gasteiger partial charge in [0.15, 0.2) is 0 Å². The lowest BCUT2D eigenvalue weighted by atomic mass is 9.99. The number of carbonyl (C=O) groups excluding carboxylic acids is 1. The van der Waals surface area contributed by atoms with Crippen molar-refractivity contribution in [3.63, 3.8) is 0 Å². The van der Waals surface area contributed by atoms with E-state index in [1.165, 1.54) is 4.68 Å². The summed E-state index contributed by atoms with van der Waals surface area (Å²) < 4.78 is 4.80. The van der Waals surface area contributed by atoms with Crippen LogP contribution in [0.5, 0.6) is 0 Å². The van der Waals surface area contributed by atoms with Gasteiger partial charge in [0, 0.05) is 25.6 Å². The number of hydrogen-bond donors (Lipinski definition) is 2. The Bertz CT molecular complexity index is 871. The maximum atomic E-state index is 12.7. The first kappa shape index (κ1) is 19.3. The van der Waals surface area contributed by atoms with Crippen LogP contribution in [0.1, 0.15) is 49.8 Å². The van der Waals surface area contributed by atoms with Gasteiger partial charge in [0.25, 0.3) is 0 Å². The van der Waals surface area contributed by atoms with Crippen LogP contribution in [0, 0.1) is 13.8 Å². The van der Waals surface area contributed by atoms with Crippen LogP contribution in [-0.4, -0.2) is 43.1 Å². The Balaban J connectivity index is 1.79. The highest BCUT2D eigenvalue weighted by atomic mass is 16.2. The molecule has 1 amide bonds. The molecule has 27 heavy (non-hydrogen) atoms. The predicted molar refractivity (Wildman–Crippen MR) is 103 cm³/mol. The van der Waals surface area contributed by atoms with Gasteiger partial charge < -0.3 is 10.6 Å². The van der Waals surface area contributed by atoms with Crippen LogP contribution in [0.3, 0.4) is 0 Å². The number of amides is 1. The summed E-state index contributed by atoms with van der Waals surface area (Å²) in [7, 11) is 0. The zero-order valence-corrected chi connectivity index (χ0v) is 16.6. The monoisotopic (exact) mass is 375 g/mol. The molecule has 1 saturated heterocycles. The Kier molecular flexibility index (Phi) is 5.79. The normalized spacial score (nSPS) is 17.3. The highest BCUT2D eigenvalue weighted by Crippen LogP contribution is 2.21. The third-order valence-electron chi connectivity index (χ3n) is 5.17. The second-order valence-electron chi connectivity index (χ2n) is 7.00. The Morgan fingerprint density at radius 2 is 2.00 bits per heavy atom. The van der Waals surface area contributed by atoms with Crippen LogP contribution in [0.15, 0.2) is 4.79 Å². The summed E-state index contributed by atoms with van der Waals surface area (Å²) >= 11 is 0. The van der Waals surface area contributed by atoms with E-state index in [4.69, 9.17) is 0 Å². The molecule has 1 fully saturated rings. The number of nitrogens with one attached hydrogen (secondary N) is 2. The zero-order chi connectivity index (χ0) is 19.6. The molecule has 0 radical (unpaired) electrons. The summed E-state index contributed by atoms with van der Waals surface area (Å²) in [6.45, 7) is 10.7. The fraction of sp³-hybridized carbons (Fsp3) is 0.667. The minimum absolute atomic E-state index is 0.102. The largest absolute Gasteiger partial charge is 0.346 e. The molecular weight excluding hydrogens is 346 g/mol. The van der Waals surface area contributed by atoms with Crippen molar-refractivity contribution < 1.29 is 4.79 Å². The third kappa shape index (κ3) is 3.83. The minimum Gasteiger partial charge on any atom is -0.321 e. The molecule has 2 N–H and O–H groups in total. The summed E-state index contributed by atoms with van der Waals surface area (Å²) in [6.07, 6.45) is 2.07. The van der Waals surface area contributed by atoms with E-state index in [0.717, 1.165) is 49.7 Å². The van der Waals surface area contributed by atoms with Crippen molar-refractivity contribution in [3.05, 3.63) is 27.7 Å². The molecule has 0 saturated carbocycles. The second kappa shape index (κ2) is 8.08. The minimum atomic E-state index is -0.270. The first-order chi connectivity index (χ1) is 13.0. The molecular formula is C18H29N7O2. The summed E-state index contributed by atoms with van der Waals surface area (Å²) in [4.78, 5) is 25.2. The van der Waals surface area contributed by atoms with E-state index in [1.54, 1.807) is 4.57 Å². The van der Waals surface area contributed by atoms with Gasteiger partial charge in [0.2, 0.25) is 5.91 Å². The lowest BCUT2D eigenvalue weighted by Crippen LogP contribution is -2.32. The van der Waals surface area contributed by atoms with Crippen LogP contribution < -0.4 is 16.3 Å². The lowest BCUT2D eigenvalue weighted by molar-refractivity contribution is -0.117. The summed E-state index contributed by atoms with van der Waals surface area (Å²) in [5.74, 6) is 0.713. The average Bonchev–Trinajstić information content (AvgIpc) is 3.13. The van der Waals surface area contributed by atoms with Crippen molar-refractivity contribution >= 4 is 11.6 Å². The molecule has 0 spiro atoms. The van der Waals surface area contributed by atoms with Crippen molar-refractivity contribution in [1.29, 1.82) is 0 Å². The van der Waals surface area contributed by atoms with E-state index in [9.17, 15) is 9.59 Å². The molecule has 9 heteroatoms. The van der Waals surface area contributed by atoms with Crippen LogP contribution in [-0.2, 0) is 24.4 Å². The van der Waals surface area contributed by atoms with Crippen molar-refractivity contribution in [3.8, 4) is 0 Å². The maximum Gasteiger partial charge on any atom is 0.346 e. The summed E-state index contributed by atoms with van der Waals surface area (Å²) in [5, 5.41) is 15.1. The molecule has 0 bridgehead atoms. The number of hydrogen-bond acceptors (Lipinski definition) is 5. The molecule has 3 heterocycles. The van der Waals surface area contributed by atoms with Crippen LogP contribution >= 0.6 is 0 Å². The SMILES string of the molecule is CCn1nc(C)c(NC(=O)Cn2nc(C3CCCNC3)n(CC)c2=O)c1C. The molecule has 1 aliphatic rings. The summed E-state index contributed by atoms with van der Waals surface area (Å²) in [5.41, 5.74) is 2.15. The molecule has 1 unspecified atom stereocenters. The van der Waals surface area contributed by atoms with Gasteiger partial charge in [0.05, 0.1) is 17.1 Å². The van der Waals surface area contributed by atoms with E-state index < -0.39 is 0 Å². The highest BCUT2D eigenvalue weighted by Gasteiger charge is 2.24. The molecule has 2 aromatic heterocycles. The number of carbonyl (C=O) groups is 1. The topological polar surface area (TPSA) is 98.8 Å². The van der Waals surface area contributed by atoms with E-state index in [1.807, 2.05) is 32.4 Å². The zero-order valence-electron chi connectivity index (χ0n) is 16.6. The number of aryl methyl sites for hydroxylation is 2. The predicted octanol–water partition coefficient (Wildman–Crippen LogP) is 1.00. The Morgan fingerprint density at radius 1 is 1.22 bits per heavy atom. The molecule has 0 aromatic carbocycles. The first-order valence-electron chi connectivity index (χ1n) is 9.68. The third-order valence-corrected chi connectivity index (χ3v) is 5.17. The van der Waals surface area contributed by atoms with Gasteiger partial charge in [-0.2, -0.15) is 10.2 Å². The van der Waals surface area contributed by atoms with Crippen LogP contribution in [0.2, 0.25) is 0 Å². The second-order valence-corrected chi connectivity index (χ2v) is 7.00. The molecule has 1 atom stereocenters. The maximum absolute atomic E-state index is 12.7. The Labute approximate surface area is 158 Å². The van der Waals surface area contributed by atoms with Crippen LogP contribution in [0.25, 0.3) is 0 Å². The fourth-order valence-electron chi connectivity index (χ4n) is 3.73. The standard InChI is InChI=1S/C18H29N7O2/c1-5-23-17(14-8-7-9-19-10-14)22-25(18(23)27)11-15(26)20-16-12(3)21-24(6-2)13(16)4/h14,19H,5-11H2,1-4H3,(H,20,26). The van der Waals surface area contributed by atoms with Gasteiger partial charge in [-0.25, -0.2) is 9.48 Å². The fourth-order valence-corrected chi connectivity index (χ4v) is 3.73. The van der Waals surface area contributed by atoms with Crippen LogP contribution in [0.4, 0.5) is 5.69 Å². The Hall–Kier alpha value is -2.42. The van der Waals surface area contributed by atoms with Crippen molar-refractivity contribution in [2.45, 2.75) is 66.1 Å². The molecule has 2 aromatic rings. The van der Waals surface area contributed by atoms with Gasteiger partial charge in [-0.3, -0.25) is 14.0 Å². The van der Waals surface area contributed by atoms with E-state index >= 15 is 0 Å². The number of rotatable bonds is 6. The first-order valence-corrected chi connectivity index (χ1v) is 9.68. The van der Waals surface area contributed by atoms with Gasteiger partial charge in [-0.05, 0) is 47.1 Å². The molecule has 9 nitrogen and oxygen atoms in total. The smallest absolute Gasteiger partial charge is 0.321 e. The molecule has 0 aliphatic carbocycles. The summed E-state index contributed by atoms with van der Waals surface area (Å²) in [6, 6.07) is 0. The molecule has 148 valence electrons. The van der Waals surface area contributed by atoms with E-state index in [2.05, 4.69) is 20.8 Å². The number of nitrogens with zero attached hydrogens (tertiary/aromatic N) is 5. The number of piperidine rings is 1.